The lowest BCUT2D eigenvalue weighted by Crippen LogP contribution is -2.30. The van der Waals surface area contributed by atoms with E-state index in [2.05, 4.69) is 0 Å². The Labute approximate surface area is 191 Å². The smallest absolute Gasteiger partial charge is 0.355 e. The highest BCUT2D eigenvalue weighted by molar-refractivity contribution is 6.39. The fourth-order valence-electron chi connectivity index (χ4n) is 4.21. The number of hydrogen-bond donors (Lipinski definition) is 0. The highest BCUT2D eigenvalue weighted by atomic mass is 35.5. The first-order valence-electron chi connectivity index (χ1n) is 10.2. The third-order valence-corrected chi connectivity index (χ3v) is 6.58. The van der Waals surface area contributed by atoms with Crippen LogP contribution in [-0.2, 0) is 9.53 Å². The zero-order valence-corrected chi connectivity index (χ0v) is 18.9. The van der Waals surface area contributed by atoms with Crippen LogP contribution in [0.3, 0.4) is 0 Å². The average molecular weight is 466 g/mol. The van der Waals surface area contributed by atoms with Crippen molar-refractivity contribution in [3.8, 4) is 0 Å². The zero-order chi connectivity index (χ0) is 21.3. The molecule has 30 heavy (non-hydrogen) atoms. The van der Waals surface area contributed by atoms with Gasteiger partial charge in [0.2, 0.25) is 0 Å². The minimum absolute atomic E-state index is 0.0247. The van der Waals surface area contributed by atoms with Crippen LogP contribution in [0.15, 0.2) is 47.6 Å². The van der Waals surface area contributed by atoms with Crippen LogP contribution in [0.25, 0.3) is 0 Å². The van der Waals surface area contributed by atoms with Crippen LogP contribution in [0, 0.1) is 5.92 Å². The van der Waals surface area contributed by atoms with E-state index in [4.69, 9.17) is 44.6 Å². The van der Waals surface area contributed by atoms with Crippen molar-refractivity contribution in [2.24, 2.45) is 11.0 Å². The second kappa shape index (κ2) is 9.17. The molecule has 1 aliphatic heterocycles. The van der Waals surface area contributed by atoms with Crippen LogP contribution in [0.2, 0.25) is 15.1 Å². The Hall–Kier alpha value is -1.75. The summed E-state index contributed by atoms with van der Waals surface area (Å²) in [5.41, 5.74) is 2.09. The minimum Gasteiger partial charge on any atom is -0.458 e. The second-order valence-electron chi connectivity index (χ2n) is 7.88. The molecule has 158 valence electrons. The van der Waals surface area contributed by atoms with Crippen molar-refractivity contribution < 1.29 is 9.53 Å². The van der Waals surface area contributed by atoms with Gasteiger partial charge in [-0.25, -0.2) is 4.79 Å². The number of hydrogen-bond acceptors (Lipinski definition) is 4. The van der Waals surface area contributed by atoms with Crippen molar-refractivity contribution in [1.29, 1.82) is 0 Å². The largest absolute Gasteiger partial charge is 0.458 e. The Morgan fingerprint density at radius 2 is 1.67 bits per heavy atom. The molecule has 1 fully saturated rings. The number of anilines is 1. The highest BCUT2D eigenvalue weighted by Crippen LogP contribution is 2.42. The molecule has 0 aromatic heterocycles. The van der Waals surface area contributed by atoms with E-state index in [1.165, 1.54) is 6.42 Å². The average Bonchev–Trinajstić information content (AvgIpc) is 3.06. The third kappa shape index (κ3) is 4.46. The van der Waals surface area contributed by atoms with Crippen LogP contribution >= 0.6 is 34.8 Å². The molecular formula is C23H23Cl3N2O2. The van der Waals surface area contributed by atoms with Crippen molar-refractivity contribution in [2.45, 2.75) is 51.2 Å². The lowest BCUT2D eigenvalue weighted by Gasteiger charge is -2.27. The van der Waals surface area contributed by atoms with Crippen LogP contribution < -0.4 is 5.01 Å². The Bertz CT molecular complexity index is 955. The number of halogens is 3. The lowest BCUT2D eigenvalue weighted by molar-refractivity contribution is -0.142. The minimum atomic E-state index is -0.346. The molecule has 4 rings (SSSR count). The zero-order valence-electron chi connectivity index (χ0n) is 16.7. The molecule has 2 aromatic carbocycles. The molecule has 4 nitrogen and oxygen atoms in total. The summed E-state index contributed by atoms with van der Waals surface area (Å²) in [5, 5.41) is 8.15. The van der Waals surface area contributed by atoms with Crippen molar-refractivity contribution in [3.05, 3.63) is 63.1 Å². The van der Waals surface area contributed by atoms with Gasteiger partial charge in [0, 0.05) is 16.0 Å². The van der Waals surface area contributed by atoms with Gasteiger partial charge in [0.1, 0.15) is 6.10 Å². The summed E-state index contributed by atoms with van der Waals surface area (Å²) in [4.78, 5) is 13.0. The summed E-state index contributed by atoms with van der Waals surface area (Å²) in [6.45, 7) is 1.99. The third-order valence-electron chi connectivity index (χ3n) is 5.79. The first kappa shape index (κ1) is 21.5. The Kier molecular flexibility index (Phi) is 6.57. The SMILES string of the molecule is CC1C(C(=O)OC2CCCCC2)=NN(c2ccc(Cl)cc2Cl)C1c1ccc(Cl)cc1. The highest BCUT2D eigenvalue weighted by Gasteiger charge is 2.41. The van der Waals surface area contributed by atoms with E-state index in [0.717, 1.165) is 31.2 Å². The van der Waals surface area contributed by atoms with E-state index in [9.17, 15) is 4.79 Å². The fourth-order valence-corrected chi connectivity index (χ4v) is 4.83. The standard InChI is InChI=1S/C23H23Cl3N2O2/c1-14-21(23(29)30-18-5-3-2-4-6-18)27-28(20-12-11-17(25)13-19(20)26)22(14)15-7-9-16(24)10-8-15/h7-14,18,22H,2-6H2,1H3. The molecule has 0 bridgehead atoms. The Balaban J connectivity index is 1.68. The van der Waals surface area contributed by atoms with Crippen LogP contribution in [-0.4, -0.2) is 17.8 Å². The van der Waals surface area contributed by atoms with E-state index in [1.807, 2.05) is 37.3 Å². The number of rotatable bonds is 4. The molecule has 1 aliphatic carbocycles. The van der Waals surface area contributed by atoms with Gasteiger partial charge in [-0.1, -0.05) is 60.3 Å². The van der Waals surface area contributed by atoms with Crippen molar-refractivity contribution in [1.82, 2.24) is 0 Å². The molecule has 2 aliphatic rings. The first-order valence-corrected chi connectivity index (χ1v) is 11.4. The van der Waals surface area contributed by atoms with Crippen molar-refractivity contribution in [3.63, 3.8) is 0 Å². The Morgan fingerprint density at radius 1 is 1.00 bits per heavy atom. The fraction of sp³-hybridized carbons (Fsp3) is 0.391. The van der Waals surface area contributed by atoms with Gasteiger partial charge in [0.15, 0.2) is 5.71 Å². The predicted molar refractivity (Wildman–Crippen MR) is 123 cm³/mol. The monoisotopic (exact) mass is 464 g/mol. The maximum Gasteiger partial charge on any atom is 0.355 e. The summed E-state index contributed by atoms with van der Waals surface area (Å²) < 4.78 is 5.81. The van der Waals surface area contributed by atoms with Gasteiger partial charge in [0.25, 0.3) is 0 Å². The normalized spacial score (nSPS) is 22.1. The molecule has 0 saturated heterocycles. The summed E-state index contributed by atoms with van der Waals surface area (Å²) >= 11 is 18.7. The lowest BCUT2D eigenvalue weighted by atomic mass is 9.91. The van der Waals surface area contributed by atoms with Crippen molar-refractivity contribution in [2.75, 3.05) is 5.01 Å². The van der Waals surface area contributed by atoms with E-state index in [1.54, 1.807) is 17.1 Å². The van der Waals surface area contributed by atoms with Crippen LogP contribution in [0.1, 0.15) is 50.6 Å². The quantitative estimate of drug-likeness (QED) is 0.453. The summed E-state index contributed by atoms with van der Waals surface area (Å²) in [5.74, 6) is -0.532. The molecular weight excluding hydrogens is 443 g/mol. The van der Waals surface area contributed by atoms with Crippen LogP contribution in [0.4, 0.5) is 5.69 Å². The number of hydrazone groups is 1. The molecule has 0 radical (unpaired) electrons. The molecule has 7 heteroatoms. The maximum absolute atomic E-state index is 13.0. The van der Waals surface area contributed by atoms with Gasteiger partial charge in [-0.05, 0) is 61.6 Å². The first-order chi connectivity index (χ1) is 14.4. The molecule has 2 aromatic rings. The summed E-state index contributed by atoms with van der Waals surface area (Å²) in [6, 6.07) is 12.6. The number of ether oxygens (including phenoxy) is 1. The number of nitrogens with zero attached hydrogens (tertiary/aromatic N) is 2. The predicted octanol–water partition coefficient (Wildman–Crippen LogP) is 7.08. The number of carbonyl (C=O) groups is 1. The van der Waals surface area contributed by atoms with E-state index >= 15 is 0 Å². The second-order valence-corrected chi connectivity index (χ2v) is 9.16. The molecule has 1 heterocycles. The molecule has 0 N–H and O–H groups in total. The van der Waals surface area contributed by atoms with Gasteiger partial charge in [0.05, 0.1) is 16.8 Å². The van der Waals surface area contributed by atoms with Gasteiger partial charge in [-0.15, -0.1) is 0 Å². The van der Waals surface area contributed by atoms with Gasteiger partial charge in [-0.3, -0.25) is 5.01 Å². The Morgan fingerprint density at radius 3 is 2.33 bits per heavy atom. The van der Waals surface area contributed by atoms with Crippen LogP contribution in [0.5, 0.6) is 0 Å². The maximum atomic E-state index is 13.0. The van der Waals surface area contributed by atoms with Crippen molar-refractivity contribution >= 4 is 52.2 Å². The van der Waals surface area contributed by atoms with E-state index in [-0.39, 0.29) is 24.0 Å². The molecule has 1 saturated carbocycles. The number of esters is 1. The molecule has 0 spiro atoms. The summed E-state index contributed by atoms with van der Waals surface area (Å²) in [7, 11) is 0. The van der Waals surface area contributed by atoms with Gasteiger partial charge in [-0.2, -0.15) is 5.10 Å². The molecule has 2 atom stereocenters. The van der Waals surface area contributed by atoms with Gasteiger partial charge >= 0.3 is 5.97 Å². The summed E-state index contributed by atoms with van der Waals surface area (Å²) in [6.07, 6.45) is 5.21. The number of carbonyl (C=O) groups excluding carboxylic acids is 1. The topological polar surface area (TPSA) is 41.9 Å². The molecule has 0 amide bonds. The van der Waals surface area contributed by atoms with Gasteiger partial charge < -0.3 is 4.74 Å². The van der Waals surface area contributed by atoms with E-state index in [0.29, 0.717) is 26.5 Å². The number of benzene rings is 2. The van der Waals surface area contributed by atoms with E-state index < -0.39 is 0 Å². The molecule has 2 unspecified atom stereocenters.